The molecule has 0 fully saturated rings. The largest absolute Gasteiger partial charge is 0.394 e. The molecule has 2 N–H and O–H groups in total. The van der Waals surface area contributed by atoms with Crippen LogP contribution < -0.4 is 0 Å². The number of halogens is 1. The van der Waals surface area contributed by atoms with Gasteiger partial charge in [-0.15, -0.1) is 25.6 Å². The second kappa shape index (κ2) is 38.3. The smallest absolute Gasteiger partial charge is 0.0662 e. The molecule has 0 aromatic rings. The molecule has 7 heavy (non-hydrogen) atoms. The van der Waals surface area contributed by atoms with Crippen molar-refractivity contribution in [3.63, 3.8) is 0 Å². The Kier molecular flexibility index (Phi) is 86.4. The number of hydrogen-bond donors (Lipinski definition) is 2. The average molecular weight is 127 g/mol. The van der Waals surface area contributed by atoms with Gasteiger partial charge in [0.1, 0.15) is 0 Å². The van der Waals surface area contributed by atoms with E-state index < -0.39 is 0 Å². The molecule has 0 rings (SSSR count). The first-order chi connectivity index (χ1) is 2.91. The van der Waals surface area contributed by atoms with Gasteiger partial charge in [-0.3, -0.25) is 0 Å². The lowest BCUT2D eigenvalue weighted by Crippen LogP contribution is -1.85. The van der Waals surface area contributed by atoms with Crippen LogP contribution in [0, 0.1) is 0 Å². The molecular weight excluding hydrogens is 115 g/mol. The lowest BCUT2D eigenvalue weighted by Gasteiger charge is -1.70. The Morgan fingerprint density at radius 2 is 1.14 bits per heavy atom. The molecule has 0 saturated carbocycles. The molecule has 0 spiro atoms. The van der Waals surface area contributed by atoms with Crippen molar-refractivity contribution < 1.29 is 10.2 Å². The zero-order chi connectivity index (χ0) is 5.41. The number of hydrogen-bond acceptors (Lipinski definition) is 2. The van der Waals surface area contributed by atoms with Crippen molar-refractivity contribution in [3.8, 4) is 0 Å². The Bertz CT molecular complexity index is 17.2. The standard InChI is InChI=1S/C2H6O2.C2H4.ClH/c3-1-2-4;1-2;/h3-4H,1-2H2;1-2H2;1H. The fourth-order valence-corrected chi connectivity index (χ4v) is 0. The van der Waals surface area contributed by atoms with Crippen molar-refractivity contribution in [1.82, 2.24) is 0 Å². The first-order valence-corrected chi connectivity index (χ1v) is 1.63. The Balaban J connectivity index is -0.0000000480. The van der Waals surface area contributed by atoms with Gasteiger partial charge in [0.05, 0.1) is 13.2 Å². The van der Waals surface area contributed by atoms with Crippen molar-refractivity contribution in [3.05, 3.63) is 13.2 Å². The summed E-state index contributed by atoms with van der Waals surface area (Å²) >= 11 is 0. The monoisotopic (exact) mass is 126 g/mol. The van der Waals surface area contributed by atoms with E-state index in [2.05, 4.69) is 13.2 Å². The quantitative estimate of drug-likeness (QED) is 0.493. The van der Waals surface area contributed by atoms with Crippen LogP contribution in [0.25, 0.3) is 0 Å². The number of rotatable bonds is 1. The summed E-state index contributed by atoms with van der Waals surface area (Å²) < 4.78 is 0. The van der Waals surface area contributed by atoms with E-state index in [0.29, 0.717) is 0 Å². The minimum atomic E-state index is -0.125. The third-order valence-corrected chi connectivity index (χ3v) is 0.1000. The summed E-state index contributed by atoms with van der Waals surface area (Å²) in [6, 6.07) is 0. The van der Waals surface area contributed by atoms with E-state index in [-0.39, 0.29) is 25.6 Å². The molecule has 0 bridgehead atoms. The molecule has 0 aliphatic carbocycles. The molecule has 2 nitrogen and oxygen atoms in total. The van der Waals surface area contributed by atoms with Gasteiger partial charge in [0.15, 0.2) is 0 Å². The molecular formula is C4H11ClO2. The molecule has 0 unspecified atom stereocenters. The molecule has 0 radical (unpaired) electrons. The van der Waals surface area contributed by atoms with E-state index in [4.69, 9.17) is 10.2 Å². The minimum absolute atomic E-state index is 0. The van der Waals surface area contributed by atoms with Crippen molar-refractivity contribution in [1.29, 1.82) is 0 Å². The third kappa shape index (κ3) is 103. The molecule has 0 aliphatic rings. The Morgan fingerprint density at radius 3 is 1.14 bits per heavy atom. The highest BCUT2D eigenvalue weighted by molar-refractivity contribution is 5.85. The third-order valence-electron chi connectivity index (χ3n) is 0.1000. The SMILES string of the molecule is C=C.Cl.OCCO. The van der Waals surface area contributed by atoms with Crippen molar-refractivity contribution in [2.45, 2.75) is 0 Å². The normalized spacial score (nSPS) is 4.86. The summed E-state index contributed by atoms with van der Waals surface area (Å²) in [6.07, 6.45) is 0. The Hall–Kier alpha value is -0.0500. The number of aliphatic hydroxyl groups is 2. The lowest BCUT2D eigenvalue weighted by atomic mass is 10.8. The van der Waals surface area contributed by atoms with Crippen LogP contribution in [-0.4, -0.2) is 23.4 Å². The van der Waals surface area contributed by atoms with Gasteiger partial charge in [0, 0.05) is 0 Å². The summed E-state index contributed by atoms with van der Waals surface area (Å²) in [5.41, 5.74) is 0. The van der Waals surface area contributed by atoms with Gasteiger partial charge in [-0.1, -0.05) is 0 Å². The number of aliphatic hydroxyl groups excluding tert-OH is 2. The summed E-state index contributed by atoms with van der Waals surface area (Å²) in [7, 11) is 0. The van der Waals surface area contributed by atoms with E-state index in [0.717, 1.165) is 0 Å². The fraction of sp³-hybridized carbons (Fsp3) is 0.500. The molecule has 0 atom stereocenters. The first kappa shape index (κ1) is 15.8. The fourth-order valence-electron chi connectivity index (χ4n) is 0. The van der Waals surface area contributed by atoms with Crippen molar-refractivity contribution >= 4 is 12.4 Å². The average Bonchev–Trinajstić information content (AvgIpc) is 1.72. The highest BCUT2D eigenvalue weighted by Gasteiger charge is 1.58. The van der Waals surface area contributed by atoms with Gasteiger partial charge in [0.25, 0.3) is 0 Å². The topological polar surface area (TPSA) is 40.5 Å². The van der Waals surface area contributed by atoms with Gasteiger partial charge < -0.3 is 10.2 Å². The maximum atomic E-state index is 7.62. The van der Waals surface area contributed by atoms with Crippen LogP contribution in [0.2, 0.25) is 0 Å². The lowest BCUT2D eigenvalue weighted by molar-refractivity contribution is 0.186. The minimum Gasteiger partial charge on any atom is -0.394 e. The van der Waals surface area contributed by atoms with Gasteiger partial charge >= 0.3 is 0 Å². The zero-order valence-corrected chi connectivity index (χ0v) is 4.95. The van der Waals surface area contributed by atoms with Crippen molar-refractivity contribution in [2.24, 2.45) is 0 Å². The van der Waals surface area contributed by atoms with Crippen LogP contribution in [0.15, 0.2) is 13.2 Å². The second-order valence-electron chi connectivity index (χ2n) is 0.447. The van der Waals surface area contributed by atoms with Crippen LogP contribution >= 0.6 is 12.4 Å². The van der Waals surface area contributed by atoms with Gasteiger partial charge in [0.2, 0.25) is 0 Å². The molecule has 0 aromatic heterocycles. The van der Waals surface area contributed by atoms with Gasteiger partial charge in [-0.25, -0.2) is 0 Å². The summed E-state index contributed by atoms with van der Waals surface area (Å²) in [6.45, 7) is 5.75. The van der Waals surface area contributed by atoms with E-state index in [1.165, 1.54) is 0 Å². The van der Waals surface area contributed by atoms with Crippen LogP contribution in [-0.2, 0) is 0 Å². The highest BCUT2D eigenvalue weighted by atomic mass is 35.5. The molecule has 46 valence electrons. The van der Waals surface area contributed by atoms with Crippen LogP contribution in [0.3, 0.4) is 0 Å². The Morgan fingerprint density at radius 1 is 1.00 bits per heavy atom. The molecule has 0 heterocycles. The van der Waals surface area contributed by atoms with Crippen LogP contribution in [0.1, 0.15) is 0 Å². The van der Waals surface area contributed by atoms with Crippen LogP contribution in [0.5, 0.6) is 0 Å². The zero-order valence-electron chi connectivity index (χ0n) is 4.13. The summed E-state index contributed by atoms with van der Waals surface area (Å²) in [5.74, 6) is 0. The summed E-state index contributed by atoms with van der Waals surface area (Å²) in [4.78, 5) is 0. The predicted molar refractivity (Wildman–Crippen MR) is 32.7 cm³/mol. The van der Waals surface area contributed by atoms with Gasteiger partial charge in [-0.2, -0.15) is 0 Å². The van der Waals surface area contributed by atoms with E-state index in [1.807, 2.05) is 0 Å². The van der Waals surface area contributed by atoms with Crippen LogP contribution in [0.4, 0.5) is 0 Å². The summed E-state index contributed by atoms with van der Waals surface area (Å²) in [5, 5.41) is 15.2. The molecule has 0 amide bonds. The second-order valence-corrected chi connectivity index (χ2v) is 0.447. The van der Waals surface area contributed by atoms with E-state index in [9.17, 15) is 0 Å². The molecule has 0 saturated heterocycles. The maximum Gasteiger partial charge on any atom is 0.0662 e. The maximum absolute atomic E-state index is 7.62. The van der Waals surface area contributed by atoms with Crippen molar-refractivity contribution in [2.75, 3.05) is 13.2 Å². The molecule has 3 heteroatoms. The Labute approximate surface area is 49.9 Å². The van der Waals surface area contributed by atoms with E-state index >= 15 is 0 Å². The molecule has 0 aromatic carbocycles. The van der Waals surface area contributed by atoms with Gasteiger partial charge in [-0.05, 0) is 0 Å². The van der Waals surface area contributed by atoms with E-state index in [1.54, 1.807) is 0 Å². The first-order valence-electron chi connectivity index (χ1n) is 1.63. The highest BCUT2D eigenvalue weighted by Crippen LogP contribution is 1.39. The molecule has 0 aliphatic heterocycles. The predicted octanol–water partition coefficient (Wildman–Crippen LogP) is 0.195.